The van der Waals surface area contributed by atoms with E-state index >= 15 is 0 Å². The zero-order chi connectivity index (χ0) is 28.6. The lowest BCUT2D eigenvalue weighted by molar-refractivity contribution is -0.139. The van der Waals surface area contributed by atoms with Crippen LogP contribution in [0, 0.1) is 0 Å². The minimum atomic E-state index is -4.23. The van der Waals surface area contributed by atoms with E-state index in [4.69, 9.17) is 16.3 Å². The Hall–Kier alpha value is -3.08. The molecule has 3 aromatic rings. The van der Waals surface area contributed by atoms with E-state index in [9.17, 15) is 18.0 Å². The molecule has 0 spiro atoms. The van der Waals surface area contributed by atoms with Crippen LogP contribution in [0.1, 0.15) is 25.8 Å². The van der Waals surface area contributed by atoms with Gasteiger partial charge in [0.15, 0.2) is 0 Å². The number of anilines is 1. The van der Waals surface area contributed by atoms with Gasteiger partial charge < -0.3 is 15.0 Å². The first-order chi connectivity index (χ1) is 18.6. The van der Waals surface area contributed by atoms with Crippen molar-refractivity contribution in [3.8, 4) is 5.75 Å². The Morgan fingerprint density at radius 1 is 1.05 bits per heavy atom. The minimum absolute atomic E-state index is 0.00731. The van der Waals surface area contributed by atoms with E-state index in [-0.39, 0.29) is 33.8 Å². The zero-order valence-corrected chi connectivity index (χ0v) is 25.1. The number of nitrogens with zero attached hydrogens (tertiary/aromatic N) is 2. The molecular formula is C28H31BrClN3O5S. The van der Waals surface area contributed by atoms with Crippen LogP contribution >= 0.6 is 27.5 Å². The standard InChI is InChI=1S/C28H31BrClN3O5S/c1-4-15-31-28(35)20(2)32(18-21-9-8-10-22(29)16-21)27(34)19-33(25-17-23(30)13-14-26(25)38-3)39(36,37)24-11-6-5-7-12-24/h5-14,16-17,20H,4,15,18-19H2,1-3H3,(H,31,35)/t20-/m1/s1. The van der Waals surface area contributed by atoms with Gasteiger partial charge >= 0.3 is 0 Å². The highest BCUT2D eigenvalue weighted by Gasteiger charge is 2.33. The first-order valence-corrected chi connectivity index (χ1v) is 14.9. The number of carbonyl (C=O) groups excluding carboxylic acids is 2. The van der Waals surface area contributed by atoms with Crippen LogP contribution in [-0.4, -0.2) is 51.4 Å². The number of carbonyl (C=O) groups is 2. The van der Waals surface area contributed by atoms with Crippen molar-refractivity contribution in [3.05, 3.63) is 87.9 Å². The Balaban J connectivity index is 2.08. The van der Waals surface area contributed by atoms with Gasteiger partial charge in [0.05, 0.1) is 17.7 Å². The van der Waals surface area contributed by atoms with Crippen molar-refractivity contribution in [2.45, 2.75) is 37.8 Å². The maximum absolute atomic E-state index is 14.0. The number of methoxy groups -OCH3 is 1. The van der Waals surface area contributed by atoms with Gasteiger partial charge in [0.2, 0.25) is 11.8 Å². The second-order valence-corrected chi connectivity index (χ2v) is 12.0. The number of hydrogen-bond donors (Lipinski definition) is 1. The molecule has 0 bridgehead atoms. The lowest BCUT2D eigenvalue weighted by Crippen LogP contribution is -2.51. The van der Waals surface area contributed by atoms with Crippen molar-refractivity contribution in [1.29, 1.82) is 0 Å². The van der Waals surface area contributed by atoms with Crippen LogP contribution in [0.15, 0.2) is 82.2 Å². The minimum Gasteiger partial charge on any atom is -0.495 e. The van der Waals surface area contributed by atoms with Crippen molar-refractivity contribution in [3.63, 3.8) is 0 Å². The highest BCUT2D eigenvalue weighted by atomic mass is 79.9. The van der Waals surface area contributed by atoms with Gasteiger partial charge in [-0.1, -0.05) is 64.8 Å². The van der Waals surface area contributed by atoms with Crippen LogP contribution in [0.3, 0.4) is 0 Å². The van der Waals surface area contributed by atoms with E-state index in [1.54, 1.807) is 31.2 Å². The summed E-state index contributed by atoms with van der Waals surface area (Å²) in [6.07, 6.45) is 0.732. The number of rotatable bonds is 12. The van der Waals surface area contributed by atoms with E-state index in [1.165, 1.54) is 36.3 Å². The molecule has 8 nitrogen and oxygen atoms in total. The van der Waals surface area contributed by atoms with Crippen LogP contribution in [-0.2, 0) is 26.2 Å². The van der Waals surface area contributed by atoms with Gasteiger partial charge in [-0.15, -0.1) is 0 Å². The molecule has 0 radical (unpaired) electrons. The molecule has 0 unspecified atom stereocenters. The third-order valence-corrected chi connectivity index (χ3v) is 8.48. The van der Waals surface area contributed by atoms with Crippen LogP contribution in [0.2, 0.25) is 5.02 Å². The third-order valence-electron chi connectivity index (χ3n) is 5.98. The van der Waals surface area contributed by atoms with Crippen LogP contribution in [0.4, 0.5) is 5.69 Å². The molecule has 0 saturated carbocycles. The van der Waals surface area contributed by atoms with Gasteiger partial charge in [-0.05, 0) is 61.4 Å². The average Bonchev–Trinajstić information content (AvgIpc) is 2.93. The summed E-state index contributed by atoms with van der Waals surface area (Å²) >= 11 is 9.68. The van der Waals surface area contributed by atoms with Crippen molar-refractivity contribution in [2.24, 2.45) is 0 Å². The van der Waals surface area contributed by atoms with Crippen molar-refractivity contribution in [1.82, 2.24) is 10.2 Å². The van der Waals surface area contributed by atoms with Crippen LogP contribution in [0.25, 0.3) is 0 Å². The van der Waals surface area contributed by atoms with Gasteiger partial charge in [0, 0.05) is 22.6 Å². The SMILES string of the molecule is CCCNC(=O)[C@@H](C)N(Cc1cccc(Br)c1)C(=O)CN(c1cc(Cl)ccc1OC)S(=O)(=O)c1ccccc1. The molecule has 39 heavy (non-hydrogen) atoms. The summed E-state index contributed by atoms with van der Waals surface area (Å²) in [6, 6.07) is 18.8. The topological polar surface area (TPSA) is 96.0 Å². The zero-order valence-electron chi connectivity index (χ0n) is 21.9. The van der Waals surface area contributed by atoms with Gasteiger partial charge in [0.25, 0.3) is 10.0 Å². The summed E-state index contributed by atoms with van der Waals surface area (Å²) in [4.78, 5) is 28.3. The maximum Gasteiger partial charge on any atom is 0.264 e. The normalized spacial score (nSPS) is 11.9. The molecule has 0 aliphatic carbocycles. The summed E-state index contributed by atoms with van der Waals surface area (Å²) in [7, 11) is -2.83. The molecular weight excluding hydrogens is 606 g/mol. The molecule has 0 aliphatic rings. The monoisotopic (exact) mass is 635 g/mol. The van der Waals surface area contributed by atoms with E-state index in [2.05, 4.69) is 21.2 Å². The molecule has 0 saturated heterocycles. The summed E-state index contributed by atoms with van der Waals surface area (Å²) < 4.78 is 35.0. The first-order valence-electron chi connectivity index (χ1n) is 12.3. The van der Waals surface area contributed by atoms with Crippen LogP contribution in [0.5, 0.6) is 5.75 Å². The first kappa shape index (κ1) is 30.5. The van der Waals surface area contributed by atoms with Gasteiger partial charge in [0.1, 0.15) is 18.3 Å². The quantitative estimate of drug-likeness (QED) is 0.293. The molecule has 1 N–H and O–H groups in total. The predicted octanol–water partition coefficient (Wildman–Crippen LogP) is 5.25. The molecule has 3 rings (SSSR count). The van der Waals surface area contributed by atoms with E-state index in [0.29, 0.717) is 6.54 Å². The Morgan fingerprint density at radius 3 is 2.41 bits per heavy atom. The van der Waals surface area contributed by atoms with Crippen molar-refractivity contribution in [2.75, 3.05) is 24.5 Å². The van der Waals surface area contributed by atoms with Crippen molar-refractivity contribution < 1.29 is 22.7 Å². The molecule has 0 fully saturated rings. The fourth-order valence-electron chi connectivity index (χ4n) is 3.90. The van der Waals surface area contributed by atoms with Crippen molar-refractivity contribution >= 4 is 55.1 Å². The molecule has 208 valence electrons. The lowest BCUT2D eigenvalue weighted by Gasteiger charge is -2.32. The number of sulfonamides is 1. The third kappa shape index (κ3) is 7.74. The summed E-state index contributed by atoms with van der Waals surface area (Å²) in [5.74, 6) is -0.687. The van der Waals surface area contributed by atoms with Gasteiger partial charge in [-0.2, -0.15) is 0 Å². The van der Waals surface area contributed by atoms with E-state index in [1.807, 2.05) is 31.2 Å². The Labute approximate surface area is 243 Å². The molecule has 0 heterocycles. The predicted molar refractivity (Wildman–Crippen MR) is 156 cm³/mol. The molecule has 2 amide bonds. The van der Waals surface area contributed by atoms with Crippen LogP contribution < -0.4 is 14.4 Å². The number of ether oxygens (including phenoxy) is 1. The summed E-state index contributed by atoms with van der Waals surface area (Å²) in [6.45, 7) is 3.51. The Bertz CT molecular complexity index is 1410. The van der Waals surface area contributed by atoms with Gasteiger partial charge in [-0.3, -0.25) is 13.9 Å². The Kier molecular flexibility index (Phi) is 10.8. The summed E-state index contributed by atoms with van der Waals surface area (Å²) in [5, 5.41) is 3.09. The highest BCUT2D eigenvalue weighted by molar-refractivity contribution is 9.10. The Morgan fingerprint density at radius 2 is 1.77 bits per heavy atom. The second-order valence-electron chi connectivity index (χ2n) is 8.76. The number of benzene rings is 3. The van der Waals surface area contributed by atoms with E-state index in [0.717, 1.165) is 20.8 Å². The molecule has 3 aromatic carbocycles. The average molecular weight is 637 g/mol. The smallest absolute Gasteiger partial charge is 0.264 e. The lowest BCUT2D eigenvalue weighted by atomic mass is 10.1. The second kappa shape index (κ2) is 13.8. The van der Waals surface area contributed by atoms with E-state index < -0.39 is 28.5 Å². The summed E-state index contributed by atoms with van der Waals surface area (Å²) in [5.41, 5.74) is 0.873. The fraction of sp³-hybridized carbons (Fsp3) is 0.286. The highest BCUT2D eigenvalue weighted by Crippen LogP contribution is 2.35. The molecule has 1 atom stereocenters. The molecule has 0 aromatic heterocycles. The maximum atomic E-state index is 14.0. The molecule has 11 heteroatoms. The number of amides is 2. The fourth-order valence-corrected chi connectivity index (χ4v) is 5.95. The number of hydrogen-bond acceptors (Lipinski definition) is 5. The molecule has 0 aliphatic heterocycles. The number of halogens is 2. The number of nitrogens with one attached hydrogen (secondary N) is 1. The van der Waals surface area contributed by atoms with Gasteiger partial charge in [-0.25, -0.2) is 8.42 Å². The largest absolute Gasteiger partial charge is 0.495 e.